The minimum absolute atomic E-state index is 0.170. The number of fused-ring (bicyclic) bond motifs is 1. The summed E-state index contributed by atoms with van der Waals surface area (Å²) in [6.07, 6.45) is 0.985. The number of hydrogen-bond donors (Lipinski definition) is 1. The highest BCUT2D eigenvalue weighted by Crippen LogP contribution is 2.42. The second kappa shape index (κ2) is 11.4. The second-order valence-electron chi connectivity index (χ2n) is 11.4. The van der Waals surface area contributed by atoms with Crippen molar-refractivity contribution < 1.29 is 22.3 Å². The summed E-state index contributed by atoms with van der Waals surface area (Å²) in [5.74, 6) is -0.751. The molecule has 3 aromatic rings. The van der Waals surface area contributed by atoms with Gasteiger partial charge in [-0.25, -0.2) is 17.6 Å². The molecule has 1 unspecified atom stereocenters. The van der Waals surface area contributed by atoms with E-state index in [1.54, 1.807) is 12.1 Å². The molecular weight excluding hydrogens is 518 g/mol. The highest BCUT2D eigenvalue weighted by molar-refractivity contribution is 5.52. The Morgan fingerprint density at radius 1 is 0.925 bits per heavy atom. The van der Waals surface area contributed by atoms with Crippen molar-refractivity contribution in [2.45, 2.75) is 44.8 Å². The summed E-state index contributed by atoms with van der Waals surface area (Å²) in [6, 6.07) is 17.0. The molecule has 1 spiro atoms. The van der Waals surface area contributed by atoms with Crippen LogP contribution < -0.4 is 15.0 Å². The number of benzene rings is 3. The number of halogens is 4. The van der Waals surface area contributed by atoms with Crippen molar-refractivity contribution in [1.82, 2.24) is 10.2 Å². The highest BCUT2D eigenvalue weighted by atomic mass is 19.3. The molecule has 3 heterocycles. The lowest BCUT2D eigenvalue weighted by molar-refractivity contribution is 0.0686. The van der Waals surface area contributed by atoms with Crippen LogP contribution in [0.1, 0.15) is 47.6 Å². The van der Waals surface area contributed by atoms with Crippen molar-refractivity contribution in [2.75, 3.05) is 44.2 Å². The average molecular weight is 554 g/mol. The van der Waals surface area contributed by atoms with Gasteiger partial charge in [0.2, 0.25) is 0 Å². The SMILES string of the molecule is Fc1cc(N2CCC3(CCNC3)CC2)cc(F)c1C1c2ccc(OCc3ccccc3)cc2CCN1CC(F)F. The Bertz CT molecular complexity index is 1300. The molecule has 1 N–H and O–H groups in total. The molecule has 0 bridgehead atoms. The number of ether oxygens (including phenoxy) is 1. The summed E-state index contributed by atoms with van der Waals surface area (Å²) >= 11 is 0. The van der Waals surface area contributed by atoms with Crippen LogP contribution in [0, 0.1) is 17.0 Å². The van der Waals surface area contributed by atoms with Crippen LogP contribution in [0.15, 0.2) is 60.7 Å². The quantitative estimate of drug-likeness (QED) is 0.346. The van der Waals surface area contributed by atoms with Gasteiger partial charge in [0.15, 0.2) is 0 Å². The Hall–Kier alpha value is -3.10. The molecule has 6 rings (SSSR count). The van der Waals surface area contributed by atoms with Crippen molar-refractivity contribution >= 4 is 5.69 Å². The number of hydrogen-bond acceptors (Lipinski definition) is 4. The topological polar surface area (TPSA) is 27.7 Å². The van der Waals surface area contributed by atoms with Gasteiger partial charge < -0.3 is 15.0 Å². The Balaban J connectivity index is 1.27. The van der Waals surface area contributed by atoms with Gasteiger partial charge in [0.25, 0.3) is 6.43 Å². The molecule has 3 aliphatic heterocycles. The van der Waals surface area contributed by atoms with E-state index in [1.165, 1.54) is 17.0 Å². The second-order valence-corrected chi connectivity index (χ2v) is 11.4. The van der Waals surface area contributed by atoms with E-state index in [4.69, 9.17) is 4.74 Å². The first kappa shape index (κ1) is 27.1. The molecule has 40 heavy (non-hydrogen) atoms. The summed E-state index contributed by atoms with van der Waals surface area (Å²) in [6.45, 7) is 3.62. The van der Waals surface area contributed by atoms with Gasteiger partial charge in [-0.3, -0.25) is 4.90 Å². The fraction of sp³-hybridized carbons (Fsp3) is 0.438. The van der Waals surface area contributed by atoms with E-state index in [1.807, 2.05) is 41.3 Å². The smallest absolute Gasteiger partial charge is 0.251 e. The van der Waals surface area contributed by atoms with Crippen LogP contribution in [-0.2, 0) is 13.0 Å². The number of anilines is 1. The fourth-order valence-corrected chi connectivity index (χ4v) is 6.67. The first-order valence-electron chi connectivity index (χ1n) is 14.2. The third kappa shape index (κ3) is 5.56. The molecular formula is C32H35F4N3O. The van der Waals surface area contributed by atoms with E-state index in [0.29, 0.717) is 35.4 Å². The van der Waals surface area contributed by atoms with Crippen molar-refractivity contribution in [3.05, 3.63) is 94.6 Å². The fourth-order valence-electron chi connectivity index (χ4n) is 6.67. The zero-order valence-corrected chi connectivity index (χ0v) is 22.5. The predicted molar refractivity (Wildman–Crippen MR) is 148 cm³/mol. The van der Waals surface area contributed by atoms with Gasteiger partial charge in [-0.15, -0.1) is 0 Å². The molecule has 0 amide bonds. The molecule has 0 aliphatic carbocycles. The van der Waals surface area contributed by atoms with Crippen LogP contribution in [0.3, 0.4) is 0 Å². The Morgan fingerprint density at radius 2 is 1.68 bits per heavy atom. The van der Waals surface area contributed by atoms with Gasteiger partial charge >= 0.3 is 0 Å². The third-order valence-corrected chi connectivity index (χ3v) is 8.92. The van der Waals surface area contributed by atoms with E-state index in [9.17, 15) is 8.78 Å². The summed E-state index contributed by atoms with van der Waals surface area (Å²) < 4.78 is 64.8. The highest BCUT2D eigenvalue weighted by Gasteiger charge is 2.38. The normalized spacial score (nSPS) is 20.7. The van der Waals surface area contributed by atoms with E-state index in [2.05, 4.69) is 5.32 Å². The van der Waals surface area contributed by atoms with Gasteiger partial charge in [-0.1, -0.05) is 36.4 Å². The van der Waals surface area contributed by atoms with E-state index in [-0.39, 0.29) is 12.1 Å². The van der Waals surface area contributed by atoms with Gasteiger partial charge in [0.1, 0.15) is 24.0 Å². The first-order chi connectivity index (χ1) is 19.4. The average Bonchev–Trinajstić information content (AvgIpc) is 3.40. The molecule has 2 saturated heterocycles. The molecule has 3 aliphatic rings. The van der Waals surface area contributed by atoms with Crippen LogP contribution in [0.4, 0.5) is 23.2 Å². The number of alkyl halides is 2. The van der Waals surface area contributed by atoms with Crippen molar-refractivity contribution in [3.8, 4) is 5.75 Å². The third-order valence-electron chi connectivity index (χ3n) is 8.92. The van der Waals surface area contributed by atoms with Crippen LogP contribution in [0.2, 0.25) is 0 Å². The molecule has 0 aromatic heterocycles. The monoisotopic (exact) mass is 553 g/mol. The van der Waals surface area contributed by atoms with Crippen LogP contribution in [0.5, 0.6) is 5.75 Å². The van der Waals surface area contributed by atoms with E-state index in [0.717, 1.165) is 56.6 Å². The van der Waals surface area contributed by atoms with Gasteiger partial charge in [0.05, 0.1) is 12.6 Å². The van der Waals surface area contributed by atoms with Crippen LogP contribution >= 0.6 is 0 Å². The van der Waals surface area contributed by atoms with Gasteiger partial charge in [-0.2, -0.15) is 0 Å². The number of nitrogens with zero attached hydrogens (tertiary/aromatic N) is 2. The minimum atomic E-state index is -2.62. The molecule has 212 valence electrons. The largest absolute Gasteiger partial charge is 0.489 e. The maximum Gasteiger partial charge on any atom is 0.251 e. The lowest BCUT2D eigenvalue weighted by Gasteiger charge is -2.40. The van der Waals surface area contributed by atoms with Crippen LogP contribution in [-0.4, -0.2) is 50.6 Å². The molecule has 3 aromatic carbocycles. The molecule has 1 atom stereocenters. The summed E-state index contributed by atoms with van der Waals surface area (Å²) in [5.41, 5.74) is 3.15. The molecule has 2 fully saturated rings. The Kier molecular flexibility index (Phi) is 7.73. The van der Waals surface area contributed by atoms with Crippen molar-refractivity contribution in [1.29, 1.82) is 0 Å². The molecule has 4 nitrogen and oxygen atoms in total. The molecule has 8 heteroatoms. The van der Waals surface area contributed by atoms with E-state index >= 15 is 8.78 Å². The maximum atomic E-state index is 15.8. The number of nitrogens with one attached hydrogen (secondary N) is 1. The number of rotatable bonds is 7. The summed E-state index contributed by atoms with van der Waals surface area (Å²) in [4.78, 5) is 3.54. The zero-order valence-electron chi connectivity index (χ0n) is 22.5. The van der Waals surface area contributed by atoms with Crippen molar-refractivity contribution in [2.24, 2.45) is 5.41 Å². The minimum Gasteiger partial charge on any atom is -0.489 e. The predicted octanol–water partition coefficient (Wildman–Crippen LogP) is 6.34. The molecule has 0 saturated carbocycles. The van der Waals surface area contributed by atoms with E-state index < -0.39 is 30.6 Å². The summed E-state index contributed by atoms with van der Waals surface area (Å²) in [7, 11) is 0. The zero-order chi connectivity index (χ0) is 27.7. The van der Waals surface area contributed by atoms with Gasteiger partial charge in [0, 0.05) is 37.4 Å². The standard InChI is InChI=1S/C32H35F4N3O/c33-27-17-24(38-14-10-32(11-15-38)9-12-37-21-32)18-28(34)30(27)31-26-7-6-25(40-20-22-4-2-1-3-5-22)16-23(26)8-13-39(31)19-29(35)36/h1-7,16-18,29,31,37H,8-15,19-21H2. The summed E-state index contributed by atoms with van der Waals surface area (Å²) in [5, 5.41) is 3.44. The lowest BCUT2D eigenvalue weighted by Crippen LogP contribution is -2.41. The molecule has 0 radical (unpaired) electrons. The first-order valence-corrected chi connectivity index (χ1v) is 14.2. The van der Waals surface area contributed by atoms with Gasteiger partial charge in [-0.05, 0) is 78.6 Å². The maximum absolute atomic E-state index is 15.8. The van der Waals surface area contributed by atoms with Crippen LogP contribution in [0.25, 0.3) is 0 Å². The number of piperidine rings is 1. The Labute approximate surface area is 232 Å². The lowest BCUT2D eigenvalue weighted by atomic mass is 9.77. The van der Waals surface area contributed by atoms with Crippen molar-refractivity contribution in [3.63, 3.8) is 0 Å². The Morgan fingerprint density at radius 3 is 2.35 bits per heavy atom.